The summed E-state index contributed by atoms with van der Waals surface area (Å²) in [5, 5.41) is 0. The van der Waals surface area contributed by atoms with Crippen molar-refractivity contribution in [2.45, 2.75) is 59.0 Å². The maximum absolute atomic E-state index is 13.1. The molecule has 170 valence electrons. The first-order valence-electron chi connectivity index (χ1n) is 11.5. The topological polar surface area (TPSA) is 78.0 Å². The zero-order valence-corrected chi connectivity index (χ0v) is 19.0. The lowest BCUT2D eigenvalue weighted by Gasteiger charge is -2.32. The number of ether oxygens (including phenoxy) is 3. The van der Waals surface area contributed by atoms with Crippen molar-refractivity contribution in [2.24, 2.45) is 5.41 Å². The fraction of sp³-hybridized carbons (Fsp3) is 0.708. The second kappa shape index (κ2) is 9.35. The quantitative estimate of drug-likeness (QED) is 0.463. The van der Waals surface area contributed by atoms with E-state index in [1.807, 2.05) is 0 Å². The average molecular weight is 431 g/mol. The van der Waals surface area contributed by atoms with Gasteiger partial charge in [-0.15, -0.1) is 0 Å². The summed E-state index contributed by atoms with van der Waals surface area (Å²) < 4.78 is 16.8. The Bertz CT molecular complexity index is 841. The Kier molecular flexibility index (Phi) is 6.74. The number of Topliss-reactive ketones (excluding diaryl/α,β-unsaturated/α-hetero) is 1. The maximum atomic E-state index is 13.1. The zero-order valence-electron chi connectivity index (χ0n) is 19.0. The molecular weight excluding hydrogens is 396 g/mol. The Hall–Kier alpha value is -1.83. The second-order valence-corrected chi connectivity index (χ2v) is 9.61. The molecule has 0 unspecified atom stereocenters. The zero-order chi connectivity index (χ0) is 22.0. The van der Waals surface area contributed by atoms with E-state index in [4.69, 9.17) is 19.2 Å². The van der Waals surface area contributed by atoms with E-state index in [-0.39, 0.29) is 29.7 Å². The molecule has 0 bridgehead atoms. The van der Waals surface area contributed by atoms with Crippen LogP contribution in [0.25, 0.3) is 0 Å². The number of pyridine rings is 1. The van der Waals surface area contributed by atoms with E-state index in [0.29, 0.717) is 36.5 Å². The summed E-state index contributed by atoms with van der Waals surface area (Å²) in [4.78, 5) is 33.2. The molecule has 0 radical (unpaired) electrons. The van der Waals surface area contributed by atoms with Crippen LogP contribution in [0.2, 0.25) is 0 Å². The van der Waals surface area contributed by atoms with Crippen molar-refractivity contribution in [3.63, 3.8) is 0 Å². The monoisotopic (exact) mass is 430 g/mol. The minimum atomic E-state index is -0.385. The molecule has 7 heteroatoms. The molecule has 0 spiro atoms. The lowest BCUT2D eigenvalue weighted by atomic mass is 9.73. The van der Waals surface area contributed by atoms with Crippen molar-refractivity contribution in [1.29, 1.82) is 0 Å². The number of rotatable bonds is 8. The molecule has 0 atom stereocenters. The van der Waals surface area contributed by atoms with E-state index in [9.17, 15) is 9.59 Å². The highest BCUT2D eigenvalue weighted by Crippen LogP contribution is 2.47. The Labute approximate surface area is 184 Å². The third-order valence-corrected chi connectivity index (χ3v) is 6.31. The molecule has 1 aromatic heterocycles. The third kappa shape index (κ3) is 5.16. The Balaban J connectivity index is 1.62. The Morgan fingerprint density at radius 2 is 1.97 bits per heavy atom. The van der Waals surface area contributed by atoms with Gasteiger partial charge in [-0.25, -0.2) is 4.79 Å². The smallest absolute Gasteiger partial charge is 0.340 e. The van der Waals surface area contributed by atoms with Gasteiger partial charge in [-0.3, -0.25) is 14.7 Å². The minimum absolute atomic E-state index is 0.103. The Morgan fingerprint density at radius 1 is 1.23 bits per heavy atom. The third-order valence-electron chi connectivity index (χ3n) is 6.31. The molecule has 0 amide bonds. The van der Waals surface area contributed by atoms with Crippen LogP contribution in [-0.4, -0.2) is 67.7 Å². The van der Waals surface area contributed by atoms with E-state index in [0.717, 1.165) is 63.4 Å². The van der Waals surface area contributed by atoms with Crippen LogP contribution in [0.1, 0.15) is 83.6 Å². The summed E-state index contributed by atoms with van der Waals surface area (Å²) >= 11 is 0. The van der Waals surface area contributed by atoms with Crippen LogP contribution in [0.4, 0.5) is 0 Å². The molecule has 7 nitrogen and oxygen atoms in total. The molecule has 2 aliphatic carbocycles. The number of esters is 1. The lowest BCUT2D eigenvalue weighted by molar-refractivity contribution is 0.0173. The lowest BCUT2D eigenvalue weighted by Crippen LogP contribution is -2.38. The van der Waals surface area contributed by atoms with Gasteiger partial charge in [0.1, 0.15) is 0 Å². The highest BCUT2D eigenvalue weighted by atomic mass is 16.5. The first-order valence-corrected chi connectivity index (χ1v) is 11.5. The maximum Gasteiger partial charge on any atom is 0.340 e. The number of ketones is 1. The van der Waals surface area contributed by atoms with E-state index in [2.05, 4.69) is 18.7 Å². The van der Waals surface area contributed by atoms with Gasteiger partial charge in [0.25, 0.3) is 0 Å². The first kappa shape index (κ1) is 22.4. The van der Waals surface area contributed by atoms with Crippen LogP contribution in [0.5, 0.6) is 0 Å². The van der Waals surface area contributed by atoms with Crippen molar-refractivity contribution in [2.75, 3.05) is 46.1 Å². The number of hydrogen-bond donors (Lipinski definition) is 0. The van der Waals surface area contributed by atoms with E-state index >= 15 is 0 Å². The van der Waals surface area contributed by atoms with E-state index in [1.165, 1.54) is 0 Å². The summed E-state index contributed by atoms with van der Waals surface area (Å²) in [6.45, 7) is 11.3. The van der Waals surface area contributed by atoms with Gasteiger partial charge in [-0.1, -0.05) is 13.8 Å². The van der Waals surface area contributed by atoms with Crippen LogP contribution < -0.4 is 0 Å². The summed E-state index contributed by atoms with van der Waals surface area (Å²) in [5.74, 6) is -0.0384. The van der Waals surface area contributed by atoms with Crippen LogP contribution in [0.3, 0.4) is 0 Å². The van der Waals surface area contributed by atoms with Crippen molar-refractivity contribution >= 4 is 11.8 Å². The largest absolute Gasteiger partial charge is 0.462 e. The van der Waals surface area contributed by atoms with E-state index in [1.54, 1.807) is 6.92 Å². The predicted molar refractivity (Wildman–Crippen MR) is 116 cm³/mol. The van der Waals surface area contributed by atoms with Gasteiger partial charge in [-0.2, -0.15) is 0 Å². The predicted octanol–water partition coefficient (Wildman–Crippen LogP) is 3.14. The van der Waals surface area contributed by atoms with Crippen LogP contribution >= 0.6 is 0 Å². The number of aromatic nitrogens is 1. The number of morpholine rings is 1. The van der Waals surface area contributed by atoms with Crippen molar-refractivity contribution in [1.82, 2.24) is 9.88 Å². The molecule has 2 fully saturated rings. The molecule has 1 saturated carbocycles. The summed E-state index contributed by atoms with van der Waals surface area (Å²) in [6, 6.07) is 0. The number of nitrogens with zero attached hydrogens (tertiary/aromatic N) is 2. The first-order chi connectivity index (χ1) is 14.9. The highest BCUT2D eigenvalue weighted by molar-refractivity contribution is 6.04. The summed E-state index contributed by atoms with van der Waals surface area (Å²) in [7, 11) is 0. The fourth-order valence-electron chi connectivity index (χ4n) is 4.69. The van der Waals surface area contributed by atoms with Gasteiger partial charge in [0.15, 0.2) is 5.78 Å². The van der Waals surface area contributed by atoms with Crippen LogP contribution in [0, 0.1) is 5.41 Å². The van der Waals surface area contributed by atoms with Crippen molar-refractivity contribution in [3.8, 4) is 0 Å². The number of fused-ring (bicyclic) bond motifs is 1. The number of carbonyl (C=O) groups excluding carboxylic acids is 2. The molecule has 1 aromatic rings. The number of hydrogen-bond acceptors (Lipinski definition) is 7. The van der Waals surface area contributed by atoms with E-state index < -0.39 is 0 Å². The van der Waals surface area contributed by atoms with Gasteiger partial charge in [-0.05, 0) is 43.1 Å². The molecule has 4 rings (SSSR count). The Morgan fingerprint density at radius 3 is 2.65 bits per heavy atom. The molecule has 3 aliphatic rings. The SMILES string of the molecule is CCOC(=O)c1c(COCCN2CCOCC2)nc2c(c1C1CC1)C(=O)CC(C)(C)C2. The second-order valence-electron chi connectivity index (χ2n) is 9.61. The van der Waals surface area contributed by atoms with Crippen molar-refractivity contribution in [3.05, 3.63) is 28.1 Å². The standard InChI is InChI=1S/C24H34N2O5/c1-4-31-23(28)22-18(15-30-12-9-26-7-10-29-11-8-26)25-17-13-24(2,3)14-19(27)21(17)20(22)16-5-6-16/h16H,4-15H2,1-3H3. The van der Waals surface area contributed by atoms with Gasteiger partial charge in [0.05, 0.1) is 50.0 Å². The van der Waals surface area contributed by atoms with Gasteiger partial charge >= 0.3 is 5.97 Å². The molecule has 0 aromatic carbocycles. The van der Waals surface area contributed by atoms with Crippen LogP contribution in [0.15, 0.2) is 0 Å². The minimum Gasteiger partial charge on any atom is -0.462 e. The fourth-order valence-corrected chi connectivity index (χ4v) is 4.69. The van der Waals surface area contributed by atoms with Gasteiger partial charge in [0.2, 0.25) is 0 Å². The summed E-state index contributed by atoms with van der Waals surface area (Å²) in [5.41, 5.74) is 3.34. The van der Waals surface area contributed by atoms with Crippen LogP contribution in [-0.2, 0) is 27.2 Å². The average Bonchev–Trinajstić information content (AvgIpc) is 3.55. The van der Waals surface area contributed by atoms with Gasteiger partial charge < -0.3 is 14.2 Å². The molecule has 1 saturated heterocycles. The highest BCUT2D eigenvalue weighted by Gasteiger charge is 2.41. The molecule has 2 heterocycles. The molecular formula is C24H34N2O5. The molecule has 0 N–H and O–H groups in total. The molecule has 1 aliphatic heterocycles. The van der Waals surface area contributed by atoms with Crippen molar-refractivity contribution < 1.29 is 23.8 Å². The number of carbonyl (C=O) groups is 2. The normalized spacial score (nSPS) is 21.1. The summed E-state index contributed by atoms with van der Waals surface area (Å²) in [6.07, 6.45) is 3.21. The van der Waals surface area contributed by atoms with Gasteiger partial charge in [0, 0.05) is 31.6 Å². The molecule has 31 heavy (non-hydrogen) atoms.